The lowest BCUT2D eigenvalue weighted by atomic mass is 9.98. The van der Waals surface area contributed by atoms with Gasteiger partial charge in [0.1, 0.15) is 0 Å². The van der Waals surface area contributed by atoms with Crippen LogP contribution in [0.5, 0.6) is 0 Å². The van der Waals surface area contributed by atoms with Gasteiger partial charge < -0.3 is 9.90 Å². The van der Waals surface area contributed by atoms with E-state index in [1.165, 1.54) is 5.01 Å². The van der Waals surface area contributed by atoms with Crippen molar-refractivity contribution < 1.29 is 14.7 Å². The number of nitrogens with zero attached hydrogens (tertiary/aromatic N) is 2. The van der Waals surface area contributed by atoms with E-state index < -0.39 is 5.97 Å². The number of hydrogen-bond donors (Lipinski definition) is 0. The van der Waals surface area contributed by atoms with Crippen LogP contribution in [0.1, 0.15) is 42.9 Å². The Morgan fingerprint density at radius 3 is 2.28 bits per heavy atom. The Hall–Kier alpha value is -2.95. The maximum absolute atomic E-state index is 12.6. The van der Waals surface area contributed by atoms with Crippen molar-refractivity contribution in [3.8, 4) is 0 Å². The summed E-state index contributed by atoms with van der Waals surface area (Å²) in [6.45, 7) is 0. The highest BCUT2D eigenvalue weighted by Crippen LogP contribution is 2.33. The average molecular weight is 335 g/mol. The van der Waals surface area contributed by atoms with Crippen molar-refractivity contribution in [3.63, 3.8) is 0 Å². The van der Waals surface area contributed by atoms with Gasteiger partial charge >= 0.3 is 0 Å². The average Bonchev–Trinajstić information content (AvgIpc) is 3.08. The van der Waals surface area contributed by atoms with Crippen molar-refractivity contribution in [2.45, 2.75) is 31.7 Å². The first-order chi connectivity index (χ1) is 12.1. The zero-order valence-corrected chi connectivity index (χ0v) is 13.8. The van der Waals surface area contributed by atoms with Crippen LogP contribution in [0.25, 0.3) is 0 Å². The summed E-state index contributed by atoms with van der Waals surface area (Å²) in [6, 6.07) is 19.4. The van der Waals surface area contributed by atoms with Crippen molar-refractivity contribution >= 4 is 17.6 Å². The van der Waals surface area contributed by atoms with Crippen LogP contribution in [0, 0.1) is 0 Å². The fourth-order valence-corrected chi connectivity index (χ4v) is 2.98. The maximum atomic E-state index is 12.6. The fourth-order valence-electron chi connectivity index (χ4n) is 2.98. The minimum Gasteiger partial charge on any atom is -0.550 e. The third-order valence-electron chi connectivity index (χ3n) is 4.23. The number of carbonyl (C=O) groups is 2. The molecule has 1 heterocycles. The van der Waals surface area contributed by atoms with E-state index in [2.05, 4.69) is 5.10 Å². The second-order valence-electron chi connectivity index (χ2n) is 6.01. The van der Waals surface area contributed by atoms with Crippen LogP contribution >= 0.6 is 0 Å². The minimum atomic E-state index is -1.14. The molecule has 5 nitrogen and oxygen atoms in total. The summed E-state index contributed by atoms with van der Waals surface area (Å²) >= 11 is 0. The lowest BCUT2D eigenvalue weighted by molar-refractivity contribution is -0.305. The smallest absolute Gasteiger partial charge is 0.243 e. The van der Waals surface area contributed by atoms with Crippen molar-refractivity contribution in [1.29, 1.82) is 0 Å². The molecular weight excluding hydrogens is 316 g/mol. The first-order valence-electron chi connectivity index (χ1n) is 8.35. The zero-order chi connectivity index (χ0) is 17.6. The van der Waals surface area contributed by atoms with Gasteiger partial charge in [-0.3, -0.25) is 4.79 Å². The maximum Gasteiger partial charge on any atom is 0.243 e. The van der Waals surface area contributed by atoms with Gasteiger partial charge in [-0.1, -0.05) is 60.7 Å². The van der Waals surface area contributed by atoms with Crippen LogP contribution in [0.15, 0.2) is 65.8 Å². The molecule has 0 fully saturated rings. The van der Waals surface area contributed by atoms with Gasteiger partial charge in [-0.25, -0.2) is 5.01 Å². The highest BCUT2D eigenvalue weighted by molar-refractivity contribution is 6.03. The third kappa shape index (κ3) is 4.12. The molecule has 0 aliphatic carbocycles. The van der Waals surface area contributed by atoms with Crippen LogP contribution in [-0.4, -0.2) is 22.6 Å². The highest BCUT2D eigenvalue weighted by atomic mass is 16.4. The van der Waals surface area contributed by atoms with Crippen LogP contribution < -0.4 is 5.11 Å². The van der Waals surface area contributed by atoms with E-state index in [9.17, 15) is 14.7 Å². The van der Waals surface area contributed by atoms with E-state index >= 15 is 0 Å². The van der Waals surface area contributed by atoms with Crippen molar-refractivity contribution in [2.75, 3.05) is 0 Å². The summed E-state index contributed by atoms with van der Waals surface area (Å²) in [4.78, 5) is 23.2. The third-order valence-corrected chi connectivity index (χ3v) is 4.23. The number of carbonyl (C=O) groups excluding carboxylic acids is 2. The highest BCUT2D eigenvalue weighted by Gasteiger charge is 2.32. The number of amides is 1. The van der Waals surface area contributed by atoms with Crippen LogP contribution in [0.2, 0.25) is 0 Å². The van der Waals surface area contributed by atoms with Gasteiger partial charge in [0.25, 0.3) is 0 Å². The molecule has 0 saturated heterocycles. The Morgan fingerprint density at radius 2 is 1.64 bits per heavy atom. The minimum absolute atomic E-state index is 0.120. The lowest BCUT2D eigenvalue weighted by Gasteiger charge is -2.22. The number of hydrogen-bond acceptors (Lipinski definition) is 4. The van der Waals surface area contributed by atoms with E-state index in [0.717, 1.165) is 16.8 Å². The topological polar surface area (TPSA) is 72.8 Å². The predicted octanol–water partition coefficient (Wildman–Crippen LogP) is 2.28. The molecule has 1 atom stereocenters. The Morgan fingerprint density at radius 1 is 1.00 bits per heavy atom. The standard InChI is InChI=1S/C20H20N2O3/c23-19(12-7-13-20(24)25)22-18(16-10-5-2-6-11-16)14-17(21-22)15-8-3-1-4-9-15/h1-6,8-11,18H,7,12-14H2,(H,24,25)/p-1/t18-/m0/s1. The number of benzene rings is 2. The van der Waals surface area contributed by atoms with Gasteiger partial charge in [0.15, 0.2) is 0 Å². The Labute approximate surface area is 146 Å². The van der Waals surface area contributed by atoms with Crippen molar-refractivity contribution in [2.24, 2.45) is 5.10 Å². The number of carboxylic acid groups (broad SMARTS) is 1. The molecule has 1 amide bonds. The molecule has 2 aromatic carbocycles. The summed E-state index contributed by atoms with van der Waals surface area (Å²) in [5.74, 6) is -1.30. The van der Waals surface area contributed by atoms with Crippen LogP contribution in [-0.2, 0) is 9.59 Å². The van der Waals surface area contributed by atoms with E-state index in [1.54, 1.807) is 0 Å². The van der Waals surface area contributed by atoms with E-state index in [1.807, 2.05) is 60.7 Å². The van der Waals surface area contributed by atoms with Crippen LogP contribution in [0.4, 0.5) is 0 Å². The molecule has 0 unspecified atom stereocenters. The largest absolute Gasteiger partial charge is 0.550 e. The molecule has 0 saturated carbocycles. The summed E-state index contributed by atoms with van der Waals surface area (Å²) < 4.78 is 0. The quantitative estimate of drug-likeness (QED) is 0.813. The van der Waals surface area contributed by atoms with Gasteiger partial charge in [-0.2, -0.15) is 5.10 Å². The number of rotatable bonds is 6. The molecule has 128 valence electrons. The molecule has 0 aromatic heterocycles. The molecule has 3 rings (SSSR count). The Balaban J connectivity index is 1.82. The molecular formula is C20H19N2O3-. The van der Waals surface area contributed by atoms with Crippen LogP contribution in [0.3, 0.4) is 0 Å². The molecule has 1 aliphatic heterocycles. The summed E-state index contributed by atoms with van der Waals surface area (Å²) in [6.07, 6.45) is 0.920. The SMILES string of the molecule is O=C([O-])CCCC(=O)N1N=C(c2ccccc2)C[C@H]1c1ccccc1. The second-order valence-corrected chi connectivity index (χ2v) is 6.01. The molecule has 0 radical (unpaired) electrons. The van der Waals surface area contributed by atoms with Crippen molar-refractivity contribution in [1.82, 2.24) is 5.01 Å². The number of carboxylic acids is 1. The van der Waals surface area contributed by atoms with Gasteiger partial charge in [0, 0.05) is 18.8 Å². The van der Waals surface area contributed by atoms with E-state index in [0.29, 0.717) is 6.42 Å². The summed E-state index contributed by atoms with van der Waals surface area (Å²) in [7, 11) is 0. The molecule has 0 N–H and O–H groups in total. The van der Waals surface area contributed by atoms with Gasteiger partial charge in [-0.15, -0.1) is 0 Å². The molecule has 2 aromatic rings. The molecule has 25 heavy (non-hydrogen) atoms. The normalized spacial score (nSPS) is 16.6. The number of aliphatic carboxylic acids is 1. The zero-order valence-electron chi connectivity index (χ0n) is 13.8. The monoisotopic (exact) mass is 335 g/mol. The Bertz CT molecular complexity index is 772. The van der Waals surface area contributed by atoms with E-state index in [-0.39, 0.29) is 31.2 Å². The lowest BCUT2D eigenvalue weighted by Crippen LogP contribution is -2.28. The Kier molecular flexibility index (Phi) is 5.23. The molecule has 0 spiro atoms. The summed E-state index contributed by atoms with van der Waals surface area (Å²) in [5, 5.41) is 16.6. The van der Waals surface area contributed by atoms with Gasteiger partial charge in [-0.05, 0) is 24.0 Å². The number of hydrazone groups is 1. The van der Waals surface area contributed by atoms with Gasteiger partial charge in [0.2, 0.25) is 5.91 Å². The molecule has 5 heteroatoms. The van der Waals surface area contributed by atoms with E-state index in [4.69, 9.17) is 0 Å². The first kappa shape index (κ1) is 16.9. The predicted molar refractivity (Wildman–Crippen MR) is 92.5 cm³/mol. The second kappa shape index (κ2) is 7.75. The first-order valence-corrected chi connectivity index (χ1v) is 8.35. The van der Waals surface area contributed by atoms with Gasteiger partial charge in [0.05, 0.1) is 11.8 Å². The molecule has 0 bridgehead atoms. The molecule has 1 aliphatic rings. The fraction of sp³-hybridized carbons (Fsp3) is 0.250. The van der Waals surface area contributed by atoms with Crippen molar-refractivity contribution in [3.05, 3.63) is 71.8 Å². The summed E-state index contributed by atoms with van der Waals surface area (Å²) in [5.41, 5.74) is 2.88.